The zero-order valence-electron chi connectivity index (χ0n) is 12.6. The monoisotopic (exact) mass is 274 g/mol. The number of ether oxygens (including phenoxy) is 1. The fourth-order valence-electron chi connectivity index (χ4n) is 2.91. The van der Waals surface area contributed by atoms with Crippen molar-refractivity contribution in [2.45, 2.75) is 44.7 Å². The second-order valence-electron chi connectivity index (χ2n) is 6.85. The Morgan fingerprint density at radius 2 is 2.20 bits per heavy atom. The summed E-state index contributed by atoms with van der Waals surface area (Å²) in [6.07, 6.45) is 3.62. The summed E-state index contributed by atoms with van der Waals surface area (Å²) in [4.78, 5) is 9.00. The quantitative estimate of drug-likeness (QED) is 0.861. The Morgan fingerprint density at radius 1 is 1.45 bits per heavy atom. The van der Waals surface area contributed by atoms with Crippen molar-refractivity contribution in [3.8, 4) is 0 Å². The highest BCUT2D eigenvalue weighted by atomic mass is 16.5. The van der Waals surface area contributed by atoms with E-state index in [9.17, 15) is 0 Å². The number of rotatable bonds is 1. The minimum absolute atomic E-state index is 0.0339. The molecule has 0 saturated carbocycles. The van der Waals surface area contributed by atoms with Crippen LogP contribution in [0.25, 0.3) is 11.0 Å². The molecule has 2 aromatic heterocycles. The van der Waals surface area contributed by atoms with E-state index in [4.69, 9.17) is 15.5 Å². The number of nitrogens with two attached hydrogens (primary N) is 1. The van der Waals surface area contributed by atoms with Gasteiger partial charge in [0.15, 0.2) is 0 Å². The van der Waals surface area contributed by atoms with E-state index in [1.54, 1.807) is 0 Å². The van der Waals surface area contributed by atoms with E-state index < -0.39 is 0 Å². The molecule has 3 heterocycles. The highest BCUT2D eigenvalue weighted by Gasteiger charge is 2.44. The molecule has 20 heavy (non-hydrogen) atoms. The molecule has 2 atom stereocenters. The minimum atomic E-state index is -0.258. The molecule has 1 saturated heterocycles. The summed E-state index contributed by atoms with van der Waals surface area (Å²) in [5.74, 6) is 0.998. The predicted octanol–water partition coefficient (Wildman–Crippen LogP) is 1.80. The third kappa shape index (κ3) is 1.84. The number of hydrogen-bond donors (Lipinski definition) is 1. The fourth-order valence-corrected chi connectivity index (χ4v) is 2.91. The Balaban J connectivity index is 2.30. The maximum Gasteiger partial charge on any atom is 0.120 e. The zero-order chi connectivity index (χ0) is 14.5. The average Bonchev–Trinajstić information content (AvgIpc) is 2.91. The molecule has 108 valence electrons. The Hall–Kier alpha value is -1.46. The molecule has 0 aliphatic carbocycles. The van der Waals surface area contributed by atoms with Gasteiger partial charge in [0.25, 0.3) is 0 Å². The van der Waals surface area contributed by atoms with Gasteiger partial charge < -0.3 is 15.0 Å². The Morgan fingerprint density at radius 3 is 2.80 bits per heavy atom. The van der Waals surface area contributed by atoms with E-state index in [2.05, 4.69) is 37.2 Å². The van der Waals surface area contributed by atoms with Crippen LogP contribution in [0.4, 0.5) is 0 Å². The van der Waals surface area contributed by atoms with Crippen LogP contribution in [0, 0.1) is 0 Å². The van der Waals surface area contributed by atoms with E-state index in [-0.39, 0.29) is 17.0 Å². The lowest BCUT2D eigenvalue weighted by atomic mass is 9.84. The van der Waals surface area contributed by atoms with Crippen LogP contribution >= 0.6 is 0 Å². The SMILES string of the molecule is CC1(c2nc3cnccc3n2C(C)(C)C)COCC1N. The predicted molar refractivity (Wildman–Crippen MR) is 78.7 cm³/mol. The highest BCUT2D eigenvalue weighted by molar-refractivity contribution is 5.75. The molecule has 5 nitrogen and oxygen atoms in total. The van der Waals surface area contributed by atoms with Gasteiger partial charge in [0, 0.05) is 17.8 Å². The van der Waals surface area contributed by atoms with Gasteiger partial charge >= 0.3 is 0 Å². The molecule has 2 aromatic rings. The summed E-state index contributed by atoms with van der Waals surface area (Å²) in [6, 6.07) is 1.98. The number of hydrogen-bond acceptors (Lipinski definition) is 4. The molecule has 1 aliphatic rings. The van der Waals surface area contributed by atoms with E-state index in [1.165, 1.54) is 0 Å². The standard InChI is InChI=1S/C15H22N4O/c1-14(2,3)19-11-5-6-17-7-10(11)18-13(19)15(4)9-20-8-12(15)16/h5-7,12H,8-9,16H2,1-4H3. The molecule has 3 rings (SSSR count). The zero-order valence-corrected chi connectivity index (χ0v) is 12.6. The van der Waals surface area contributed by atoms with Crippen molar-refractivity contribution in [1.82, 2.24) is 14.5 Å². The lowest BCUT2D eigenvalue weighted by molar-refractivity contribution is 0.176. The topological polar surface area (TPSA) is 66.0 Å². The van der Waals surface area contributed by atoms with E-state index in [0.717, 1.165) is 16.9 Å². The molecule has 2 N–H and O–H groups in total. The summed E-state index contributed by atoms with van der Waals surface area (Å²) in [5, 5.41) is 0. The maximum absolute atomic E-state index is 6.29. The fraction of sp³-hybridized carbons (Fsp3) is 0.600. The van der Waals surface area contributed by atoms with Crippen LogP contribution in [0.15, 0.2) is 18.5 Å². The van der Waals surface area contributed by atoms with Gasteiger partial charge in [-0.05, 0) is 33.8 Å². The van der Waals surface area contributed by atoms with Crippen LogP contribution in [0.1, 0.15) is 33.5 Å². The molecule has 0 amide bonds. The average molecular weight is 274 g/mol. The first-order valence-corrected chi connectivity index (χ1v) is 7.01. The van der Waals surface area contributed by atoms with Crippen molar-refractivity contribution < 1.29 is 4.74 Å². The number of aromatic nitrogens is 3. The van der Waals surface area contributed by atoms with Crippen LogP contribution in [0.2, 0.25) is 0 Å². The van der Waals surface area contributed by atoms with Gasteiger partial charge in [-0.25, -0.2) is 4.98 Å². The number of fused-ring (bicyclic) bond motifs is 1. The molecular formula is C15H22N4O. The van der Waals surface area contributed by atoms with Crippen LogP contribution in [0.5, 0.6) is 0 Å². The van der Waals surface area contributed by atoms with Gasteiger partial charge in [0.1, 0.15) is 11.3 Å². The normalized spacial score (nSPS) is 27.4. The second-order valence-corrected chi connectivity index (χ2v) is 6.85. The Bertz CT molecular complexity index is 643. The first kappa shape index (κ1) is 13.5. The number of pyridine rings is 1. The summed E-state index contributed by atoms with van der Waals surface area (Å²) in [7, 11) is 0. The summed E-state index contributed by atoms with van der Waals surface area (Å²) in [5.41, 5.74) is 7.97. The minimum Gasteiger partial charge on any atom is -0.379 e. The summed E-state index contributed by atoms with van der Waals surface area (Å²) < 4.78 is 7.87. The molecule has 0 spiro atoms. The van der Waals surface area contributed by atoms with Crippen molar-refractivity contribution in [2.24, 2.45) is 5.73 Å². The Labute approximate surface area is 119 Å². The highest BCUT2D eigenvalue weighted by Crippen LogP contribution is 2.36. The largest absolute Gasteiger partial charge is 0.379 e. The van der Waals surface area contributed by atoms with E-state index in [1.807, 2.05) is 18.5 Å². The van der Waals surface area contributed by atoms with Crippen molar-refractivity contribution in [1.29, 1.82) is 0 Å². The molecule has 5 heteroatoms. The van der Waals surface area contributed by atoms with Crippen molar-refractivity contribution in [3.63, 3.8) is 0 Å². The second kappa shape index (κ2) is 4.27. The molecule has 1 fully saturated rings. The maximum atomic E-state index is 6.29. The third-order valence-corrected chi connectivity index (χ3v) is 4.16. The van der Waals surface area contributed by atoms with Crippen molar-refractivity contribution >= 4 is 11.0 Å². The molecule has 1 aliphatic heterocycles. The molecule has 0 aromatic carbocycles. The van der Waals surface area contributed by atoms with Crippen LogP contribution in [-0.2, 0) is 15.7 Å². The Kier molecular flexibility index (Phi) is 2.88. The van der Waals surface area contributed by atoms with Crippen LogP contribution in [0.3, 0.4) is 0 Å². The van der Waals surface area contributed by atoms with Crippen LogP contribution < -0.4 is 5.73 Å². The number of nitrogens with zero attached hydrogens (tertiary/aromatic N) is 3. The van der Waals surface area contributed by atoms with Gasteiger partial charge in [-0.1, -0.05) is 0 Å². The van der Waals surface area contributed by atoms with Gasteiger partial charge in [0.2, 0.25) is 0 Å². The lowest BCUT2D eigenvalue weighted by Gasteiger charge is -2.32. The third-order valence-electron chi connectivity index (χ3n) is 4.16. The lowest BCUT2D eigenvalue weighted by Crippen LogP contribution is -2.45. The van der Waals surface area contributed by atoms with Crippen LogP contribution in [-0.4, -0.2) is 33.8 Å². The number of imidazole rings is 1. The van der Waals surface area contributed by atoms with E-state index >= 15 is 0 Å². The van der Waals surface area contributed by atoms with Crippen molar-refractivity contribution in [2.75, 3.05) is 13.2 Å². The summed E-state index contributed by atoms with van der Waals surface area (Å²) >= 11 is 0. The molecule has 2 unspecified atom stereocenters. The summed E-state index contributed by atoms with van der Waals surface area (Å²) in [6.45, 7) is 9.89. The van der Waals surface area contributed by atoms with Gasteiger partial charge in [-0.15, -0.1) is 0 Å². The first-order valence-electron chi connectivity index (χ1n) is 7.01. The van der Waals surface area contributed by atoms with E-state index in [0.29, 0.717) is 13.2 Å². The molecule has 0 radical (unpaired) electrons. The van der Waals surface area contributed by atoms with Gasteiger partial charge in [0.05, 0.1) is 30.3 Å². The molecule has 0 bridgehead atoms. The van der Waals surface area contributed by atoms with Crippen molar-refractivity contribution in [3.05, 3.63) is 24.3 Å². The van der Waals surface area contributed by atoms with Gasteiger partial charge in [-0.3, -0.25) is 4.98 Å². The van der Waals surface area contributed by atoms with Gasteiger partial charge in [-0.2, -0.15) is 0 Å². The first-order chi connectivity index (χ1) is 9.34. The smallest absolute Gasteiger partial charge is 0.120 e. The molecular weight excluding hydrogens is 252 g/mol.